The summed E-state index contributed by atoms with van der Waals surface area (Å²) in [7, 11) is 0. The normalized spacial score (nSPS) is 10.6. The molecule has 0 atom stereocenters. The zero-order chi connectivity index (χ0) is 14.5. The summed E-state index contributed by atoms with van der Waals surface area (Å²) in [4.78, 5) is 0. The van der Waals surface area contributed by atoms with E-state index in [-0.39, 0.29) is 11.5 Å². The molecule has 0 spiro atoms. The zero-order valence-electron chi connectivity index (χ0n) is 10.9. The van der Waals surface area contributed by atoms with E-state index >= 15 is 0 Å². The first kappa shape index (κ1) is 14.4. The molecule has 20 heavy (non-hydrogen) atoms. The van der Waals surface area contributed by atoms with Gasteiger partial charge in [-0.05, 0) is 36.4 Å². The van der Waals surface area contributed by atoms with E-state index in [0.29, 0.717) is 6.54 Å². The summed E-state index contributed by atoms with van der Waals surface area (Å²) >= 11 is 0. The molecule has 1 N–H and O–H groups in total. The van der Waals surface area contributed by atoms with E-state index in [1.807, 2.05) is 6.92 Å². The Morgan fingerprint density at radius 1 is 0.950 bits per heavy atom. The van der Waals surface area contributed by atoms with Crippen LogP contribution in [0.15, 0.2) is 36.4 Å². The van der Waals surface area contributed by atoms with Crippen molar-refractivity contribution in [1.82, 2.24) is 5.32 Å². The standard InChI is InChI=1S/C15H14F3NO/c1-2-19-9-10-3-6-15(14(18)7-10)20-11-4-5-12(16)13(17)8-11/h3-8,19H,2,9H2,1H3. The van der Waals surface area contributed by atoms with Crippen LogP contribution >= 0.6 is 0 Å². The molecule has 0 aliphatic rings. The Balaban J connectivity index is 2.14. The molecule has 2 rings (SSSR count). The molecule has 0 radical (unpaired) electrons. The summed E-state index contributed by atoms with van der Waals surface area (Å²) in [5.74, 6) is -2.55. The van der Waals surface area contributed by atoms with Crippen molar-refractivity contribution in [2.24, 2.45) is 0 Å². The second-order valence-electron chi connectivity index (χ2n) is 4.22. The summed E-state index contributed by atoms with van der Waals surface area (Å²) < 4.78 is 44.8. The molecule has 0 fully saturated rings. The Bertz CT molecular complexity index is 602. The number of halogens is 3. The van der Waals surface area contributed by atoms with Crippen molar-refractivity contribution in [3.05, 3.63) is 59.4 Å². The molecule has 0 unspecified atom stereocenters. The molecule has 0 aliphatic heterocycles. The average molecular weight is 281 g/mol. The van der Waals surface area contributed by atoms with Crippen molar-refractivity contribution in [3.63, 3.8) is 0 Å². The van der Waals surface area contributed by atoms with Crippen LogP contribution in [0.2, 0.25) is 0 Å². The fourth-order valence-corrected chi connectivity index (χ4v) is 1.67. The van der Waals surface area contributed by atoms with Crippen LogP contribution in [0.5, 0.6) is 11.5 Å². The average Bonchev–Trinajstić information content (AvgIpc) is 2.43. The summed E-state index contributed by atoms with van der Waals surface area (Å²) in [6.45, 7) is 3.30. The summed E-state index contributed by atoms with van der Waals surface area (Å²) in [6.07, 6.45) is 0. The van der Waals surface area contributed by atoms with Gasteiger partial charge < -0.3 is 10.1 Å². The smallest absolute Gasteiger partial charge is 0.166 e. The van der Waals surface area contributed by atoms with Crippen LogP contribution in [-0.4, -0.2) is 6.54 Å². The van der Waals surface area contributed by atoms with Crippen molar-refractivity contribution in [2.75, 3.05) is 6.54 Å². The SMILES string of the molecule is CCNCc1ccc(Oc2ccc(F)c(F)c2)c(F)c1. The Morgan fingerprint density at radius 3 is 2.40 bits per heavy atom. The molecule has 106 valence electrons. The third-order valence-electron chi connectivity index (χ3n) is 2.69. The van der Waals surface area contributed by atoms with Gasteiger partial charge in [0.15, 0.2) is 23.2 Å². The largest absolute Gasteiger partial charge is 0.454 e. The van der Waals surface area contributed by atoms with Gasteiger partial charge in [0.2, 0.25) is 0 Å². The fraction of sp³-hybridized carbons (Fsp3) is 0.200. The first-order chi connectivity index (χ1) is 9.60. The molecule has 2 aromatic rings. The lowest BCUT2D eigenvalue weighted by atomic mass is 10.2. The van der Waals surface area contributed by atoms with Gasteiger partial charge in [0.25, 0.3) is 0 Å². The van der Waals surface area contributed by atoms with Crippen LogP contribution in [0.4, 0.5) is 13.2 Å². The zero-order valence-corrected chi connectivity index (χ0v) is 10.9. The molecule has 0 saturated heterocycles. The fourth-order valence-electron chi connectivity index (χ4n) is 1.67. The molecule has 0 amide bonds. The number of hydrogen-bond acceptors (Lipinski definition) is 2. The summed E-state index contributed by atoms with van der Waals surface area (Å²) in [5, 5.41) is 3.08. The Kier molecular flexibility index (Phi) is 4.63. The lowest BCUT2D eigenvalue weighted by Gasteiger charge is -2.09. The minimum absolute atomic E-state index is 0.0312. The van der Waals surface area contributed by atoms with Crippen LogP contribution in [0, 0.1) is 17.5 Å². The van der Waals surface area contributed by atoms with Crippen molar-refractivity contribution in [1.29, 1.82) is 0 Å². The third-order valence-corrected chi connectivity index (χ3v) is 2.69. The first-order valence-electron chi connectivity index (χ1n) is 6.22. The van der Waals surface area contributed by atoms with E-state index < -0.39 is 17.5 Å². The highest BCUT2D eigenvalue weighted by atomic mass is 19.2. The van der Waals surface area contributed by atoms with E-state index in [1.54, 1.807) is 6.07 Å². The maximum atomic E-state index is 13.8. The molecule has 0 saturated carbocycles. The van der Waals surface area contributed by atoms with Gasteiger partial charge >= 0.3 is 0 Å². The lowest BCUT2D eigenvalue weighted by molar-refractivity contribution is 0.432. The van der Waals surface area contributed by atoms with Crippen LogP contribution < -0.4 is 10.1 Å². The van der Waals surface area contributed by atoms with Crippen LogP contribution in [0.25, 0.3) is 0 Å². The van der Waals surface area contributed by atoms with Gasteiger partial charge in [-0.2, -0.15) is 0 Å². The molecule has 2 aromatic carbocycles. The highest BCUT2D eigenvalue weighted by molar-refractivity contribution is 5.34. The van der Waals surface area contributed by atoms with Crippen molar-refractivity contribution < 1.29 is 17.9 Å². The van der Waals surface area contributed by atoms with Crippen molar-refractivity contribution in [3.8, 4) is 11.5 Å². The number of ether oxygens (including phenoxy) is 1. The second-order valence-corrected chi connectivity index (χ2v) is 4.22. The minimum Gasteiger partial charge on any atom is -0.454 e. The van der Waals surface area contributed by atoms with Gasteiger partial charge in [-0.1, -0.05) is 13.0 Å². The van der Waals surface area contributed by atoms with Gasteiger partial charge in [-0.15, -0.1) is 0 Å². The molecule has 0 aliphatic carbocycles. The Hall–Kier alpha value is -2.01. The number of hydrogen-bond donors (Lipinski definition) is 1. The Morgan fingerprint density at radius 2 is 1.75 bits per heavy atom. The van der Waals surface area contributed by atoms with Gasteiger partial charge in [0, 0.05) is 12.6 Å². The molecular weight excluding hydrogens is 267 g/mol. The maximum Gasteiger partial charge on any atom is 0.166 e. The van der Waals surface area contributed by atoms with E-state index in [9.17, 15) is 13.2 Å². The van der Waals surface area contributed by atoms with E-state index in [4.69, 9.17) is 4.74 Å². The minimum atomic E-state index is -1.04. The van der Waals surface area contributed by atoms with Gasteiger partial charge in [-0.3, -0.25) is 0 Å². The van der Waals surface area contributed by atoms with Crippen molar-refractivity contribution >= 4 is 0 Å². The highest BCUT2D eigenvalue weighted by Gasteiger charge is 2.08. The van der Waals surface area contributed by atoms with E-state index in [1.165, 1.54) is 18.2 Å². The number of benzene rings is 2. The first-order valence-corrected chi connectivity index (χ1v) is 6.22. The molecular formula is C15H14F3NO. The maximum absolute atomic E-state index is 13.8. The van der Waals surface area contributed by atoms with Gasteiger partial charge in [0.1, 0.15) is 5.75 Å². The molecule has 0 bridgehead atoms. The summed E-state index contributed by atoms with van der Waals surface area (Å²) in [6, 6.07) is 7.57. The lowest BCUT2D eigenvalue weighted by Crippen LogP contribution is -2.11. The van der Waals surface area contributed by atoms with Crippen LogP contribution in [0.1, 0.15) is 12.5 Å². The number of nitrogens with one attached hydrogen (secondary N) is 1. The summed E-state index contributed by atoms with van der Waals surface area (Å²) in [5.41, 5.74) is 0.780. The molecule has 0 aromatic heterocycles. The molecule has 5 heteroatoms. The van der Waals surface area contributed by atoms with Gasteiger partial charge in [0.05, 0.1) is 0 Å². The van der Waals surface area contributed by atoms with E-state index in [0.717, 1.165) is 24.2 Å². The number of rotatable bonds is 5. The molecule has 2 nitrogen and oxygen atoms in total. The third kappa shape index (κ3) is 3.51. The van der Waals surface area contributed by atoms with Crippen molar-refractivity contribution in [2.45, 2.75) is 13.5 Å². The molecule has 0 heterocycles. The van der Waals surface area contributed by atoms with Crippen LogP contribution in [0.3, 0.4) is 0 Å². The van der Waals surface area contributed by atoms with Crippen LogP contribution in [-0.2, 0) is 6.54 Å². The highest BCUT2D eigenvalue weighted by Crippen LogP contribution is 2.26. The quantitative estimate of drug-likeness (QED) is 0.894. The Labute approximate surface area is 115 Å². The monoisotopic (exact) mass is 281 g/mol. The predicted octanol–water partition coefficient (Wildman–Crippen LogP) is 4.01. The topological polar surface area (TPSA) is 21.3 Å². The second kappa shape index (κ2) is 6.43. The van der Waals surface area contributed by atoms with Gasteiger partial charge in [-0.25, -0.2) is 13.2 Å². The predicted molar refractivity (Wildman–Crippen MR) is 70.2 cm³/mol. The van der Waals surface area contributed by atoms with E-state index in [2.05, 4.69) is 5.32 Å².